The van der Waals surface area contributed by atoms with Gasteiger partial charge in [-0.1, -0.05) is 12.8 Å². The largest absolute Gasteiger partial charge is 0.322 e. The van der Waals surface area contributed by atoms with Crippen LogP contribution in [0.15, 0.2) is 40.7 Å². The molecule has 0 amide bonds. The molecule has 1 aromatic carbocycles. The van der Waals surface area contributed by atoms with Gasteiger partial charge in [0, 0.05) is 35.1 Å². The SMILES string of the molecule is Cc1cc(N(c2ccc(S(=O)(=O)Nc3nccs3)c(F)c2)C2CCCC2)n[nH]1. The summed E-state index contributed by atoms with van der Waals surface area (Å²) in [5, 5.41) is 9.09. The van der Waals surface area contributed by atoms with Crippen molar-refractivity contribution in [1.82, 2.24) is 15.2 Å². The number of sulfonamides is 1. The third-order valence-electron chi connectivity index (χ3n) is 4.77. The van der Waals surface area contributed by atoms with Crippen LogP contribution in [0.3, 0.4) is 0 Å². The molecule has 3 aromatic rings. The molecule has 0 atom stereocenters. The van der Waals surface area contributed by atoms with Gasteiger partial charge in [0.05, 0.1) is 0 Å². The lowest BCUT2D eigenvalue weighted by molar-refractivity contribution is 0.569. The first-order valence-corrected chi connectivity index (χ1v) is 11.3. The molecule has 0 unspecified atom stereocenters. The zero-order valence-electron chi connectivity index (χ0n) is 15.2. The molecule has 1 saturated carbocycles. The Kier molecular flexibility index (Phi) is 5.07. The van der Waals surface area contributed by atoms with Crippen LogP contribution in [0.4, 0.5) is 21.0 Å². The molecule has 28 heavy (non-hydrogen) atoms. The summed E-state index contributed by atoms with van der Waals surface area (Å²) < 4.78 is 42.2. The zero-order valence-corrected chi connectivity index (χ0v) is 16.9. The van der Waals surface area contributed by atoms with Gasteiger partial charge in [-0.25, -0.2) is 17.8 Å². The molecule has 1 aliphatic carbocycles. The van der Waals surface area contributed by atoms with Gasteiger partial charge < -0.3 is 4.90 Å². The van der Waals surface area contributed by atoms with Gasteiger partial charge >= 0.3 is 0 Å². The van der Waals surface area contributed by atoms with Gasteiger partial charge in [-0.2, -0.15) is 5.10 Å². The van der Waals surface area contributed by atoms with Crippen molar-refractivity contribution in [3.05, 3.63) is 47.4 Å². The van der Waals surface area contributed by atoms with Gasteiger partial charge in [0.25, 0.3) is 10.0 Å². The number of benzene rings is 1. The first kappa shape index (κ1) is 18.9. The molecule has 0 bridgehead atoms. The van der Waals surface area contributed by atoms with Gasteiger partial charge in [0.15, 0.2) is 10.9 Å². The predicted octanol–water partition coefficient (Wildman–Crippen LogP) is 4.20. The summed E-state index contributed by atoms with van der Waals surface area (Å²) in [4.78, 5) is 5.47. The monoisotopic (exact) mass is 421 g/mol. The Bertz CT molecular complexity index is 1060. The fraction of sp³-hybridized carbons (Fsp3) is 0.333. The van der Waals surface area contributed by atoms with E-state index in [2.05, 4.69) is 19.9 Å². The highest BCUT2D eigenvalue weighted by molar-refractivity contribution is 7.93. The summed E-state index contributed by atoms with van der Waals surface area (Å²) in [6, 6.07) is 6.30. The minimum Gasteiger partial charge on any atom is -0.322 e. The number of nitrogens with one attached hydrogen (secondary N) is 2. The number of aromatic amines is 1. The first-order chi connectivity index (χ1) is 13.4. The quantitative estimate of drug-likeness (QED) is 0.623. The van der Waals surface area contributed by atoms with Crippen molar-refractivity contribution in [2.45, 2.75) is 43.5 Å². The Hall–Kier alpha value is -2.46. The Morgan fingerprint density at radius 2 is 2.07 bits per heavy atom. The van der Waals surface area contributed by atoms with E-state index in [1.54, 1.807) is 11.4 Å². The summed E-state index contributed by atoms with van der Waals surface area (Å²) in [6.07, 6.45) is 5.67. The molecule has 2 N–H and O–H groups in total. The van der Waals surface area contributed by atoms with E-state index in [-0.39, 0.29) is 11.2 Å². The summed E-state index contributed by atoms with van der Waals surface area (Å²) in [5.41, 5.74) is 1.49. The molecule has 0 saturated heterocycles. The number of rotatable bonds is 6. The van der Waals surface area contributed by atoms with Crippen molar-refractivity contribution < 1.29 is 12.8 Å². The van der Waals surface area contributed by atoms with E-state index in [1.165, 1.54) is 18.3 Å². The molecule has 0 aliphatic heterocycles. The maximum absolute atomic E-state index is 14.9. The topological polar surface area (TPSA) is 91.0 Å². The van der Waals surface area contributed by atoms with Crippen molar-refractivity contribution >= 4 is 38.0 Å². The number of thiazole rings is 1. The van der Waals surface area contributed by atoms with Crippen molar-refractivity contribution in [2.75, 3.05) is 9.62 Å². The van der Waals surface area contributed by atoms with E-state index in [9.17, 15) is 12.8 Å². The van der Waals surface area contributed by atoms with Crippen LogP contribution in [-0.4, -0.2) is 29.6 Å². The first-order valence-electron chi connectivity index (χ1n) is 8.97. The minimum atomic E-state index is -4.05. The van der Waals surface area contributed by atoms with Crippen molar-refractivity contribution in [2.24, 2.45) is 0 Å². The molecular formula is C18H20FN5O2S2. The van der Waals surface area contributed by atoms with Crippen LogP contribution in [0.25, 0.3) is 0 Å². The van der Waals surface area contributed by atoms with Crippen molar-refractivity contribution in [1.29, 1.82) is 0 Å². The standard InChI is InChI=1S/C18H20FN5O2S2/c1-12-10-17(22-21-12)24(13-4-2-3-5-13)14-6-7-16(15(19)11-14)28(25,26)23-18-20-8-9-27-18/h6-11,13H,2-5H2,1H3,(H,20,23)(H,21,22). The van der Waals surface area contributed by atoms with Gasteiger partial charge in [0.1, 0.15) is 10.7 Å². The molecule has 0 spiro atoms. The maximum Gasteiger partial charge on any atom is 0.266 e. The van der Waals surface area contributed by atoms with Crippen LogP contribution in [0.2, 0.25) is 0 Å². The molecular weight excluding hydrogens is 401 g/mol. The molecule has 10 heteroatoms. The number of nitrogens with zero attached hydrogens (tertiary/aromatic N) is 3. The number of aromatic nitrogens is 3. The Morgan fingerprint density at radius 3 is 2.68 bits per heavy atom. The van der Waals surface area contributed by atoms with Gasteiger partial charge in [-0.3, -0.25) is 9.82 Å². The van der Waals surface area contributed by atoms with Crippen molar-refractivity contribution in [3.63, 3.8) is 0 Å². The number of hydrogen-bond acceptors (Lipinski definition) is 6. The third kappa shape index (κ3) is 3.74. The Labute approximate surface area is 166 Å². The molecule has 4 rings (SSSR count). The van der Waals surface area contributed by atoms with Crippen LogP contribution < -0.4 is 9.62 Å². The summed E-state index contributed by atoms with van der Waals surface area (Å²) in [7, 11) is -4.05. The fourth-order valence-electron chi connectivity index (χ4n) is 3.52. The lowest BCUT2D eigenvalue weighted by Crippen LogP contribution is -2.29. The van der Waals surface area contributed by atoms with Gasteiger partial charge in [-0.15, -0.1) is 11.3 Å². The molecule has 2 aromatic heterocycles. The average molecular weight is 422 g/mol. The van der Waals surface area contributed by atoms with Crippen LogP contribution in [0.5, 0.6) is 0 Å². The highest BCUT2D eigenvalue weighted by atomic mass is 32.2. The lowest BCUT2D eigenvalue weighted by atomic mass is 10.1. The van der Waals surface area contributed by atoms with Gasteiger partial charge in [0.2, 0.25) is 0 Å². The molecule has 7 nitrogen and oxygen atoms in total. The summed E-state index contributed by atoms with van der Waals surface area (Å²) in [6.45, 7) is 1.91. The lowest BCUT2D eigenvalue weighted by Gasteiger charge is -2.29. The molecule has 1 aliphatic rings. The molecule has 2 heterocycles. The summed E-state index contributed by atoms with van der Waals surface area (Å²) in [5.74, 6) is -0.0999. The second-order valence-electron chi connectivity index (χ2n) is 6.77. The normalized spacial score (nSPS) is 15.1. The molecule has 148 valence electrons. The second kappa shape index (κ2) is 7.51. The average Bonchev–Trinajstić information content (AvgIpc) is 3.39. The highest BCUT2D eigenvalue weighted by Crippen LogP contribution is 2.35. The van der Waals surface area contributed by atoms with Gasteiger partial charge in [-0.05, 0) is 38.0 Å². The van der Waals surface area contributed by atoms with E-state index in [0.29, 0.717) is 11.5 Å². The van der Waals surface area contributed by atoms with Crippen LogP contribution >= 0.6 is 11.3 Å². The van der Waals surface area contributed by atoms with Crippen LogP contribution in [-0.2, 0) is 10.0 Å². The Morgan fingerprint density at radius 1 is 1.29 bits per heavy atom. The number of halogens is 1. The van der Waals surface area contributed by atoms with E-state index >= 15 is 0 Å². The molecule has 1 fully saturated rings. The van der Waals surface area contributed by atoms with Crippen LogP contribution in [0.1, 0.15) is 31.4 Å². The minimum absolute atomic E-state index is 0.197. The number of hydrogen-bond donors (Lipinski definition) is 2. The summed E-state index contributed by atoms with van der Waals surface area (Å²) >= 11 is 1.13. The van der Waals surface area contributed by atoms with Crippen molar-refractivity contribution in [3.8, 4) is 0 Å². The predicted molar refractivity (Wildman–Crippen MR) is 107 cm³/mol. The maximum atomic E-state index is 14.9. The fourth-order valence-corrected chi connectivity index (χ4v) is 5.37. The zero-order chi connectivity index (χ0) is 19.7. The second-order valence-corrected chi connectivity index (χ2v) is 9.32. The van der Waals surface area contributed by atoms with E-state index in [0.717, 1.165) is 42.7 Å². The highest BCUT2D eigenvalue weighted by Gasteiger charge is 2.28. The van der Waals surface area contributed by atoms with E-state index in [4.69, 9.17) is 0 Å². The van der Waals surface area contributed by atoms with Crippen LogP contribution in [0, 0.1) is 12.7 Å². The Balaban J connectivity index is 1.68. The third-order valence-corrected chi connectivity index (χ3v) is 6.96. The smallest absolute Gasteiger partial charge is 0.266 e. The van der Waals surface area contributed by atoms with E-state index < -0.39 is 20.7 Å². The number of H-pyrrole nitrogens is 1. The molecule has 0 radical (unpaired) electrons. The number of aryl methyl sites for hydroxylation is 1. The van der Waals surface area contributed by atoms with E-state index in [1.807, 2.05) is 17.9 Å². The number of anilines is 3.